The quantitative estimate of drug-likeness (QED) is 0.633. The van der Waals surface area contributed by atoms with Crippen molar-refractivity contribution in [2.24, 2.45) is 0 Å². The monoisotopic (exact) mass is 306 g/mol. The average molecular weight is 306 g/mol. The van der Waals surface area contributed by atoms with Gasteiger partial charge in [-0.05, 0) is 28.9 Å². The van der Waals surface area contributed by atoms with Gasteiger partial charge in [-0.15, -0.1) is 0 Å². The molecule has 1 N–H and O–H groups in total. The maximum atomic E-state index is 12.3. The minimum Gasteiger partial charge on any atom is -0.507 e. The number of ether oxygens (including phenoxy) is 1. The van der Waals surface area contributed by atoms with Crippen molar-refractivity contribution in [3.63, 3.8) is 0 Å². The Morgan fingerprint density at radius 2 is 1.68 bits per heavy atom. The molecule has 1 aromatic rings. The van der Waals surface area contributed by atoms with Crippen LogP contribution < -0.4 is 0 Å². The Hall–Kier alpha value is -1.51. The maximum absolute atomic E-state index is 12.3. The molecule has 0 aromatic heterocycles. The zero-order chi connectivity index (χ0) is 17.1. The van der Waals surface area contributed by atoms with Crippen LogP contribution in [0.4, 0.5) is 0 Å². The van der Waals surface area contributed by atoms with E-state index in [2.05, 4.69) is 20.8 Å². The predicted molar refractivity (Wildman–Crippen MR) is 90.7 cm³/mol. The summed E-state index contributed by atoms with van der Waals surface area (Å²) < 4.78 is 5.29. The van der Waals surface area contributed by atoms with Gasteiger partial charge in [0.15, 0.2) is 0 Å². The number of unbranched alkanes of at least 4 members (excludes halogenated alkanes) is 1. The van der Waals surface area contributed by atoms with Crippen molar-refractivity contribution >= 4 is 5.97 Å². The lowest BCUT2D eigenvalue weighted by molar-refractivity contribution is 0.0496. The highest BCUT2D eigenvalue weighted by Gasteiger charge is 2.27. The standard InChI is InChI=1S/C19H30O3/c1-8-9-10-22-17(21)14-11-13(18(2,3)4)12-15(16(14)20)19(5,6)7/h11-12,20H,8-10H2,1-7H3. The van der Waals surface area contributed by atoms with Crippen LogP contribution in [-0.2, 0) is 15.6 Å². The molecule has 0 spiro atoms. The van der Waals surface area contributed by atoms with Gasteiger partial charge in [0.2, 0.25) is 0 Å². The summed E-state index contributed by atoms with van der Waals surface area (Å²) >= 11 is 0. The van der Waals surface area contributed by atoms with Crippen LogP contribution in [0.3, 0.4) is 0 Å². The fraction of sp³-hybridized carbons (Fsp3) is 0.632. The van der Waals surface area contributed by atoms with Gasteiger partial charge in [0.05, 0.1) is 6.61 Å². The van der Waals surface area contributed by atoms with Gasteiger partial charge in [-0.25, -0.2) is 4.79 Å². The predicted octanol–water partition coefficient (Wildman–Crippen LogP) is 4.94. The van der Waals surface area contributed by atoms with E-state index in [0.717, 1.165) is 24.0 Å². The molecule has 3 heteroatoms. The first-order chi connectivity index (χ1) is 9.98. The number of phenols is 1. The van der Waals surface area contributed by atoms with Gasteiger partial charge in [0.25, 0.3) is 0 Å². The first-order valence-electron chi connectivity index (χ1n) is 8.03. The number of benzene rings is 1. The molecule has 0 aliphatic carbocycles. The number of carbonyl (C=O) groups is 1. The second-order valence-electron chi connectivity index (χ2n) is 7.91. The van der Waals surface area contributed by atoms with E-state index in [4.69, 9.17) is 4.74 Å². The summed E-state index contributed by atoms with van der Waals surface area (Å²) in [5.74, 6) is -0.399. The summed E-state index contributed by atoms with van der Waals surface area (Å²) in [5, 5.41) is 10.5. The van der Waals surface area contributed by atoms with Crippen molar-refractivity contribution in [3.8, 4) is 5.75 Å². The van der Waals surface area contributed by atoms with Crippen LogP contribution in [0.25, 0.3) is 0 Å². The zero-order valence-corrected chi connectivity index (χ0v) is 15.0. The van der Waals surface area contributed by atoms with E-state index in [0.29, 0.717) is 6.61 Å². The Balaban J connectivity index is 3.34. The molecular formula is C19H30O3. The van der Waals surface area contributed by atoms with Crippen molar-refractivity contribution in [1.82, 2.24) is 0 Å². The largest absolute Gasteiger partial charge is 0.507 e. The summed E-state index contributed by atoms with van der Waals surface area (Å²) in [6.07, 6.45) is 1.80. The van der Waals surface area contributed by atoms with Crippen LogP contribution in [0.2, 0.25) is 0 Å². The van der Waals surface area contributed by atoms with E-state index < -0.39 is 5.97 Å². The molecule has 0 unspecified atom stereocenters. The van der Waals surface area contributed by atoms with Gasteiger partial charge >= 0.3 is 5.97 Å². The van der Waals surface area contributed by atoms with Gasteiger partial charge in [-0.3, -0.25) is 0 Å². The smallest absolute Gasteiger partial charge is 0.341 e. The van der Waals surface area contributed by atoms with Crippen LogP contribution in [0.15, 0.2) is 12.1 Å². The van der Waals surface area contributed by atoms with Crippen molar-refractivity contribution in [2.45, 2.75) is 72.1 Å². The summed E-state index contributed by atoms with van der Waals surface area (Å²) in [6, 6.07) is 3.76. The molecule has 0 aliphatic rings. The summed E-state index contributed by atoms with van der Waals surface area (Å²) in [5.41, 5.74) is 1.73. The molecule has 0 fully saturated rings. The SMILES string of the molecule is CCCCOC(=O)c1cc(C(C)(C)C)cc(C(C)(C)C)c1O. The van der Waals surface area contributed by atoms with Gasteiger partial charge < -0.3 is 9.84 Å². The molecule has 3 nitrogen and oxygen atoms in total. The molecule has 0 radical (unpaired) electrons. The Bertz CT molecular complexity index is 531. The first-order valence-corrected chi connectivity index (χ1v) is 8.03. The highest BCUT2D eigenvalue weighted by atomic mass is 16.5. The minimum absolute atomic E-state index is 0.0435. The van der Waals surface area contributed by atoms with Crippen molar-refractivity contribution in [1.29, 1.82) is 0 Å². The summed E-state index contributed by atoms with van der Waals surface area (Å²) in [6.45, 7) is 14.8. The van der Waals surface area contributed by atoms with E-state index in [1.54, 1.807) is 6.07 Å². The molecule has 0 amide bonds. The Kier molecular flexibility index (Phi) is 5.66. The van der Waals surface area contributed by atoms with Crippen LogP contribution in [0, 0.1) is 0 Å². The molecular weight excluding hydrogens is 276 g/mol. The van der Waals surface area contributed by atoms with Gasteiger partial charge in [-0.2, -0.15) is 0 Å². The highest BCUT2D eigenvalue weighted by molar-refractivity contribution is 5.93. The van der Waals surface area contributed by atoms with Crippen LogP contribution in [0.1, 0.15) is 82.8 Å². The van der Waals surface area contributed by atoms with Gasteiger partial charge in [0.1, 0.15) is 11.3 Å². The third-order valence-corrected chi connectivity index (χ3v) is 3.73. The third-order valence-electron chi connectivity index (χ3n) is 3.73. The van der Waals surface area contributed by atoms with E-state index in [1.807, 2.05) is 33.8 Å². The Labute approximate surface area is 134 Å². The Morgan fingerprint density at radius 3 is 2.14 bits per heavy atom. The lowest BCUT2D eigenvalue weighted by atomic mass is 9.79. The number of carbonyl (C=O) groups excluding carboxylic acids is 1. The topological polar surface area (TPSA) is 46.5 Å². The van der Waals surface area contributed by atoms with E-state index in [-0.39, 0.29) is 22.1 Å². The van der Waals surface area contributed by atoms with Gasteiger partial charge in [-0.1, -0.05) is 61.0 Å². The summed E-state index contributed by atoms with van der Waals surface area (Å²) in [4.78, 5) is 12.3. The molecule has 1 aromatic carbocycles. The van der Waals surface area contributed by atoms with Crippen LogP contribution in [-0.4, -0.2) is 17.7 Å². The molecule has 0 heterocycles. The van der Waals surface area contributed by atoms with Crippen molar-refractivity contribution in [3.05, 3.63) is 28.8 Å². The van der Waals surface area contributed by atoms with Gasteiger partial charge in [0, 0.05) is 5.56 Å². The van der Waals surface area contributed by atoms with E-state index in [9.17, 15) is 9.90 Å². The molecule has 22 heavy (non-hydrogen) atoms. The van der Waals surface area contributed by atoms with Crippen LogP contribution >= 0.6 is 0 Å². The Morgan fingerprint density at radius 1 is 1.09 bits per heavy atom. The molecule has 0 saturated carbocycles. The minimum atomic E-state index is -0.442. The molecule has 124 valence electrons. The molecule has 0 aliphatic heterocycles. The number of phenolic OH excluding ortho intramolecular Hbond substituents is 1. The van der Waals surface area contributed by atoms with Crippen molar-refractivity contribution < 1.29 is 14.6 Å². The molecule has 0 saturated heterocycles. The lowest BCUT2D eigenvalue weighted by Crippen LogP contribution is -2.19. The number of hydrogen-bond donors (Lipinski definition) is 1. The number of hydrogen-bond acceptors (Lipinski definition) is 3. The second-order valence-corrected chi connectivity index (χ2v) is 7.91. The second kappa shape index (κ2) is 6.72. The lowest BCUT2D eigenvalue weighted by Gasteiger charge is -2.27. The fourth-order valence-corrected chi connectivity index (χ4v) is 2.18. The normalized spacial score (nSPS) is 12.3. The number of esters is 1. The highest BCUT2D eigenvalue weighted by Crippen LogP contribution is 2.37. The fourth-order valence-electron chi connectivity index (χ4n) is 2.18. The van der Waals surface area contributed by atoms with E-state index in [1.165, 1.54) is 0 Å². The maximum Gasteiger partial charge on any atom is 0.341 e. The number of aromatic hydroxyl groups is 1. The van der Waals surface area contributed by atoms with E-state index >= 15 is 0 Å². The number of rotatable bonds is 4. The zero-order valence-electron chi connectivity index (χ0n) is 15.0. The van der Waals surface area contributed by atoms with Crippen LogP contribution in [0.5, 0.6) is 5.75 Å². The molecule has 1 rings (SSSR count). The molecule has 0 atom stereocenters. The molecule has 0 bridgehead atoms. The van der Waals surface area contributed by atoms with Crippen molar-refractivity contribution in [2.75, 3.05) is 6.61 Å². The first kappa shape index (κ1) is 18.5. The third kappa shape index (κ3) is 4.49. The average Bonchev–Trinajstić information content (AvgIpc) is 2.36. The summed E-state index contributed by atoms with van der Waals surface area (Å²) in [7, 11) is 0.